The standard InChI is InChI=1S/C20H21ClFN3O2/c1-15(26)25(17-6-4-5-16(21)13-17)14-20(27)24-11-9-23(10-12-24)19-8-3-2-7-18(19)22/h2-8,13H,9-12,14H2,1H3. The molecule has 0 bridgehead atoms. The van der Waals surface area contributed by atoms with Crippen LogP contribution in [-0.2, 0) is 9.59 Å². The highest BCUT2D eigenvalue weighted by molar-refractivity contribution is 6.30. The van der Waals surface area contributed by atoms with Crippen LogP contribution in [0.1, 0.15) is 6.92 Å². The number of amides is 2. The Bertz CT molecular complexity index is 837. The van der Waals surface area contributed by atoms with Gasteiger partial charge in [-0.15, -0.1) is 0 Å². The maximum atomic E-state index is 13.9. The van der Waals surface area contributed by atoms with E-state index in [-0.39, 0.29) is 24.2 Å². The number of anilines is 2. The van der Waals surface area contributed by atoms with Crippen molar-refractivity contribution in [2.45, 2.75) is 6.92 Å². The van der Waals surface area contributed by atoms with E-state index >= 15 is 0 Å². The maximum Gasteiger partial charge on any atom is 0.242 e. The monoisotopic (exact) mass is 389 g/mol. The van der Waals surface area contributed by atoms with Crippen molar-refractivity contribution in [2.24, 2.45) is 0 Å². The Labute approximate surface area is 162 Å². The van der Waals surface area contributed by atoms with Crippen LogP contribution in [0.5, 0.6) is 0 Å². The summed E-state index contributed by atoms with van der Waals surface area (Å²) in [6, 6.07) is 13.5. The Morgan fingerprint density at radius 3 is 2.41 bits per heavy atom. The predicted molar refractivity (Wildman–Crippen MR) is 105 cm³/mol. The molecular formula is C20H21ClFN3O2. The lowest BCUT2D eigenvalue weighted by Crippen LogP contribution is -2.52. The Morgan fingerprint density at radius 2 is 1.78 bits per heavy atom. The zero-order valence-corrected chi connectivity index (χ0v) is 15.8. The van der Waals surface area contributed by atoms with E-state index in [1.807, 2.05) is 4.90 Å². The third-order valence-corrected chi connectivity index (χ3v) is 4.85. The highest BCUT2D eigenvalue weighted by Gasteiger charge is 2.25. The normalized spacial score (nSPS) is 14.2. The molecule has 7 heteroatoms. The van der Waals surface area contributed by atoms with Gasteiger partial charge in [-0.25, -0.2) is 4.39 Å². The second kappa shape index (κ2) is 8.39. The third kappa shape index (κ3) is 4.57. The van der Waals surface area contributed by atoms with Crippen molar-refractivity contribution in [1.82, 2.24) is 4.90 Å². The van der Waals surface area contributed by atoms with Crippen LogP contribution in [0.2, 0.25) is 5.02 Å². The summed E-state index contributed by atoms with van der Waals surface area (Å²) in [6.07, 6.45) is 0. The van der Waals surface area contributed by atoms with Gasteiger partial charge in [0, 0.05) is 43.8 Å². The number of nitrogens with zero attached hydrogens (tertiary/aromatic N) is 3. The zero-order valence-electron chi connectivity index (χ0n) is 15.1. The van der Waals surface area contributed by atoms with Crippen LogP contribution in [0.4, 0.5) is 15.8 Å². The molecular weight excluding hydrogens is 369 g/mol. The minimum atomic E-state index is -0.263. The van der Waals surface area contributed by atoms with Crippen molar-refractivity contribution in [3.05, 3.63) is 59.4 Å². The number of carbonyl (C=O) groups is 2. The van der Waals surface area contributed by atoms with E-state index < -0.39 is 0 Å². The lowest BCUT2D eigenvalue weighted by atomic mass is 10.2. The molecule has 0 atom stereocenters. The van der Waals surface area contributed by atoms with Gasteiger partial charge < -0.3 is 14.7 Å². The highest BCUT2D eigenvalue weighted by Crippen LogP contribution is 2.22. The highest BCUT2D eigenvalue weighted by atomic mass is 35.5. The van der Waals surface area contributed by atoms with Gasteiger partial charge in [0.2, 0.25) is 11.8 Å². The van der Waals surface area contributed by atoms with Gasteiger partial charge in [0.1, 0.15) is 12.4 Å². The van der Waals surface area contributed by atoms with E-state index in [9.17, 15) is 14.0 Å². The molecule has 0 radical (unpaired) electrons. The molecule has 2 aromatic rings. The van der Waals surface area contributed by atoms with E-state index in [1.54, 1.807) is 47.4 Å². The minimum absolute atomic E-state index is 0.0463. The molecule has 0 spiro atoms. The van der Waals surface area contributed by atoms with Crippen LogP contribution in [0, 0.1) is 5.82 Å². The Kier molecular flexibility index (Phi) is 5.96. The van der Waals surface area contributed by atoms with Crippen LogP contribution in [-0.4, -0.2) is 49.4 Å². The summed E-state index contributed by atoms with van der Waals surface area (Å²) in [5.41, 5.74) is 1.14. The van der Waals surface area contributed by atoms with Crippen molar-refractivity contribution < 1.29 is 14.0 Å². The van der Waals surface area contributed by atoms with Crippen LogP contribution < -0.4 is 9.80 Å². The second-order valence-corrected chi connectivity index (χ2v) is 6.84. The first kappa shape index (κ1) is 19.2. The molecule has 27 heavy (non-hydrogen) atoms. The van der Waals surface area contributed by atoms with Crippen molar-refractivity contribution >= 4 is 34.8 Å². The fourth-order valence-electron chi connectivity index (χ4n) is 3.17. The quantitative estimate of drug-likeness (QED) is 0.806. The summed E-state index contributed by atoms with van der Waals surface area (Å²) < 4.78 is 13.9. The number of para-hydroxylation sites is 1. The van der Waals surface area contributed by atoms with Crippen LogP contribution in [0.15, 0.2) is 48.5 Å². The molecule has 2 amide bonds. The maximum absolute atomic E-state index is 13.9. The summed E-state index contributed by atoms with van der Waals surface area (Å²) in [5, 5.41) is 0.504. The summed E-state index contributed by atoms with van der Waals surface area (Å²) in [4.78, 5) is 29.7. The van der Waals surface area contributed by atoms with Crippen molar-refractivity contribution in [2.75, 3.05) is 42.5 Å². The number of hydrogen-bond acceptors (Lipinski definition) is 3. The van der Waals surface area contributed by atoms with Gasteiger partial charge in [0.05, 0.1) is 5.69 Å². The Balaban J connectivity index is 1.63. The average Bonchev–Trinajstić information content (AvgIpc) is 2.66. The molecule has 5 nitrogen and oxygen atoms in total. The molecule has 3 rings (SSSR count). The number of benzene rings is 2. The van der Waals surface area contributed by atoms with Crippen molar-refractivity contribution in [1.29, 1.82) is 0 Å². The molecule has 0 unspecified atom stereocenters. The third-order valence-electron chi connectivity index (χ3n) is 4.62. The van der Waals surface area contributed by atoms with E-state index in [4.69, 9.17) is 11.6 Å². The average molecular weight is 390 g/mol. The van der Waals surface area contributed by atoms with Crippen LogP contribution in [0.3, 0.4) is 0 Å². The summed E-state index contributed by atoms with van der Waals surface area (Å²) in [7, 11) is 0. The smallest absolute Gasteiger partial charge is 0.242 e. The van der Waals surface area contributed by atoms with Gasteiger partial charge >= 0.3 is 0 Å². The van der Waals surface area contributed by atoms with Gasteiger partial charge in [-0.3, -0.25) is 9.59 Å². The first-order chi connectivity index (χ1) is 13.0. The lowest BCUT2D eigenvalue weighted by molar-refractivity contribution is -0.131. The largest absolute Gasteiger partial charge is 0.366 e. The molecule has 0 aliphatic carbocycles. The molecule has 1 saturated heterocycles. The first-order valence-corrected chi connectivity index (χ1v) is 9.14. The SMILES string of the molecule is CC(=O)N(CC(=O)N1CCN(c2ccccc2F)CC1)c1cccc(Cl)c1. The minimum Gasteiger partial charge on any atom is -0.366 e. The molecule has 2 aromatic carbocycles. The fraction of sp³-hybridized carbons (Fsp3) is 0.300. The molecule has 0 aromatic heterocycles. The van der Waals surface area contributed by atoms with E-state index in [1.165, 1.54) is 17.9 Å². The van der Waals surface area contributed by atoms with E-state index in [0.29, 0.717) is 42.6 Å². The van der Waals surface area contributed by atoms with Crippen LogP contribution in [0.25, 0.3) is 0 Å². The summed E-state index contributed by atoms with van der Waals surface area (Å²) in [6.45, 7) is 3.43. The van der Waals surface area contributed by atoms with Gasteiger partial charge in [-0.1, -0.05) is 29.8 Å². The van der Waals surface area contributed by atoms with Crippen molar-refractivity contribution in [3.8, 4) is 0 Å². The van der Waals surface area contributed by atoms with Gasteiger partial charge in [0.25, 0.3) is 0 Å². The molecule has 1 aliphatic rings. The van der Waals surface area contributed by atoms with Crippen molar-refractivity contribution in [3.63, 3.8) is 0 Å². The molecule has 142 valence electrons. The van der Waals surface area contributed by atoms with Gasteiger partial charge in [0.15, 0.2) is 0 Å². The Hall–Kier alpha value is -2.60. The molecule has 0 N–H and O–H groups in total. The number of carbonyl (C=O) groups excluding carboxylic acids is 2. The molecule has 0 saturated carbocycles. The molecule has 1 heterocycles. The summed E-state index contributed by atoms with van der Waals surface area (Å²) >= 11 is 6.00. The fourth-order valence-corrected chi connectivity index (χ4v) is 3.35. The first-order valence-electron chi connectivity index (χ1n) is 8.76. The number of rotatable bonds is 4. The summed E-state index contributed by atoms with van der Waals surface area (Å²) in [5.74, 6) is -0.630. The van der Waals surface area contributed by atoms with E-state index in [0.717, 1.165) is 0 Å². The number of halogens is 2. The van der Waals surface area contributed by atoms with Gasteiger partial charge in [-0.2, -0.15) is 0 Å². The van der Waals surface area contributed by atoms with E-state index in [2.05, 4.69) is 0 Å². The molecule has 1 fully saturated rings. The Morgan fingerprint density at radius 1 is 1.07 bits per heavy atom. The van der Waals surface area contributed by atoms with Gasteiger partial charge in [-0.05, 0) is 30.3 Å². The topological polar surface area (TPSA) is 43.9 Å². The zero-order chi connectivity index (χ0) is 19.4. The second-order valence-electron chi connectivity index (χ2n) is 6.40. The number of hydrogen-bond donors (Lipinski definition) is 0. The number of piperazine rings is 1. The lowest BCUT2D eigenvalue weighted by Gasteiger charge is -2.37. The predicted octanol–water partition coefficient (Wildman–Crippen LogP) is 3.18. The molecule has 1 aliphatic heterocycles. The van der Waals surface area contributed by atoms with Crippen LogP contribution >= 0.6 is 11.6 Å².